The number of amides is 4. The van der Waals surface area contributed by atoms with E-state index < -0.39 is 11.8 Å². The SMILES string of the molecule is CC(C)c1sc(NC(=O)c2cc(NC(=O)c3cc(NC(=O)c4ccc5c(c4)OCO5)cn3C)cn2C)nc1C(=O)NCCCN(C)C. The van der Waals surface area contributed by atoms with Gasteiger partial charge < -0.3 is 39.5 Å². The summed E-state index contributed by atoms with van der Waals surface area (Å²) in [6.07, 6.45) is 4.05. The van der Waals surface area contributed by atoms with Crippen LogP contribution < -0.4 is 30.7 Å². The number of carbonyl (C=O) groups is 4. The van der Waals surface area contributed by atoms with Crippen LogP contribution in [0.1, 0.15) is 72.9 Å². The van der Waals surface area contributed by atoms with Crippen molar-refractivity contribution < 1.29 is 28.7 Å². The maximum Gasteiger partial charge on any atom is 0.274 e. The third-order valence-corrected chi connectivity index (χ3v) is 8.58. The van der Waals surface area contributed by atoms with Crippen LogP contribution in [0.4, 0.5) is 16.5 Å². The predicted octanol–water partition coefficient (Wildman–Crippen LogP) is 4.11. The second kappa shape index (κ2) is 14.1. The van der Waals surface area contributed by atoms with Crippen LogP contribution >= 0.6 is 11.3 Å². The lowest BCUT2D eigenvalue weighted by molar-refractivity contribution is 0.0944. The molecule has 0 aliphatic carbocycles. The number of ether oxygens (including phenoxy) is 2. The van der Waals surface area contributed by atoms with Gasteiger partial charge in [0.05, 0.1) is 11.4 Å². The molecule has 0 saturated heterocycles. The first-order valence-electron chi connectivity index (χ1n) is 15.0. The Morgan fingerprint density at radius 2 is 1.49 bits per heavy atom. The lowest BCUT2D eigenvalue weighted by atomic mass is 10.1. The van der Waals surface area contributed by atoms with E-state index in [-0.39, 0.29) is 35.9 Å². The summed E-state index contributed by atoms with van der Waals surface area (Å²) in [6.45, 7) is 5.41. The van der Waals surface area contributed by atoms with E-state index in [1.165, 1.54) is 11.3 Å². The van der Waals surface area contributed by atoms with Crippen molar-refractivity contribution in [3.63, 3.8) is 0 Å². The summed E-state index contributed by atoms with van der Waals surface area (Å²) >= 11 is 1.26. The minimum Gasteiger partial charge on any atom is -0.454 e. The Kier molecular flexibility index (Phi) is 9.96. The van der Waals surface area contributed by atoms with Gasteiger partial charge in [0.15, 0.2) is 16.6 Å². The van der Waals surface area contributed by atoms with Crippen molar-refractivity contribution in [3.8, 4) is 11.5 Å². The minimum absolute atomic E-state index is 0.0348. The van der Waals surface area contributed by atoms with Crippen LogP contribution in [0.2, 0.25) is 0 Å². The number of thiazole rings is 1. The third kappa shape index (κ3) is 7.81. The van der Waals surface area contributed by atoms with Gasteiger partial charge in [-0.3, -0.25) is 24.5 Å². The van der Waals surface area contributed by atoms with Gasteiger partial charge in [-0.25, -0.2) is 4.98 Å². The summed E-state index contributed by atoms with van der Waals surface area (Å²) in [7, 11) is 7.32. The van der Waals surface area contributed by atoms with Gasteiger partial charge in [0.1, 0.15) is 17.1 Å². The number of aryl methyl sites for hydroxylation is 2. The molecule has 0 unspecified atom stereocenters. The highest BCUT2D eigenvalue weighted by atomic mass is 32.1. The number of anilines is 3. The molecule has 4 heterocycles. The normalized spacial score (nSPS) is 12.0. The van der Waals surface area contributed by atoms with Crippen molar-refractivity contribution >= 4 is 51.5 Å². The van der Waals surface area contributed by atoms with Crippen LogP contribution in [-0.4, -0.2) is 76.6 Å². The molecule has 47 heavy (non-hydrogen) atoms. The van der Waals surface area contributed by atoms with E-state index in [4.69, 9.17) is 9.47 Å². The Labute approximate surface area is 276 Å². The molecule has 4 amide bonds. The Hall–Kier alpha value is -5.15. The number of benzene rings is 1. The molecule has 14 nitrogen and oxygen atoms in total. The predicted molar refractivity (Wildman–Crippen MR) is 179 cm³/mol. The maximum absolute atomic E-state index is 13.2. The number of carbonyl (C=O) groups excluding carboxylic acids is 4. The summed E-state index contributed by atoms with van der Waals surface area (Å²) in [5, 5.41) is 11.6. The Morgan fingerprint density at radius 1 is 0.872 bits per heavy atom. The molecule has 4 aromatic rings. The highest BCUT2D eigenvalue weighted by molar-refractivity contribution is 7.16. The van der Waals surface area contributed by atoms with E-state index in [0.29, 0.717) is 45.8 Å². The summed E-state index contributed by atoms with van der Waals surface area (Å²) < 4.78 is 13.8. The average molecular weight is 663 g/mol. The van der Waals surface area contributed by atoms with Gasteiger partial charge in [-0.1, -0.05) is 13.8 Å². The standard InChI is InChI=1S/C32H38N8O6S/c1-18(2)27-26(31(44)33-10-7-11-38(3)4)36-32(47-27)37-30(43)23-14-21(16-40(23)6)35-29(42)22-13-20(15-39(22)5)34-28(41)19-8-9-24-25(12-19)46-17-45-24/h8-9,12-16,18H,7,10-11,17H2,1-6H3,(H,33,44)(H,34,41)(H,35,42)(H,36,37,43). The van der Waals surface area contributed by atoms with Crippen LogP contribution in [-0.2, 0) is 14.1 Å². The molecule has 1 aliphatic rings. The van der Waals surface area contributed by atoms with Crippen LogP contribution in [0.15, 0.2) is 42.7 Å². The Bertz CT molecular complexity index is 1820. The largest absolute Gasteiger partial charge is 0.454 e. The van der Waals surface area contributed by atoms with Crippen LogP contribution in [0.25, 0.3) is 0 Å². The molecule has 1 aliphatic heterocycles. The molecule has 1 aromatic carbocycles. The number of fused-ring (bicyclic) bond motifs is 1. The topological polar surface area (TPSA) is 161 Å². The van der Waals surface area contributed by atoms with E-state index >= 15 is 0 Å². The number of rotatable bonds is 12. The highest BCUT2D eigenvalue weighted by Crippen LogP contribution is 2.33. The van der Waals surface area contributed by atoms with Gasteiger partial charge in [0.2, 0.25) is 6.79 Å². The first kappa shape index (κ1) is 33.2. The van der Waals surface area contributed by atoms with Gasteiger partial charge in [-0.05, 0) is 63.3 Å². The van der Waals surface area contributed by atoms with E-state index in [9.17, 15) is 19.2 Å². The molecule has 0 bridgehead atoms. The number of hydrogen-bond donors (Lipinski definition) is 4. The van der Waals surface area contributed by atoms with E-state index in [0.717, 1.165) is 17.8 Å². The highest BCUT2D eigenvalue weighted by Gasteiger charge is 2.23. The Morgan fingerprint density at radius 3 is 2.13 bits per heavy atom. The molecule has 248 valence electrons. The molecule has 0 spiro atoms. The molecule has 0 fully saturated rings. The summed E-state index contributed by atoms with van der Waals surface area (Å²) in [6, 6.07) is 8.00. The smallest absolute Gasteiger partial charge is 0.274 e. The Balaban J connectivity index is 1.21. The number of aromatic nitrogens is 3. The fourth-order valence-corrected chi connectivity index (χ4v) is 5.89. The summed E-state index contributed by atoms with van der Waals surface area (Å²) in [4.78, 5) is 59.4. The summed E-state index contributed by atoms with van der Waals surface area (Å²) in [5.41, 5.74) is 2.08. The molecule has 4 N–H and O–H groups in total. The third-order valence-electron chi connectivity index (χ3n) is 7.31. The minimum atomic E-state index is -0.442. The molecule has 0 atom stereocenters. The van der Waals surface area contributed by atoms with E-state index in [2.05, 4.69) is 26.3 Å². The van der Waals surface area contributed by atoms with Crippen molar-refractivity contribution in [2.24, 2.45) is 14.1 Å². The molecular weight excluding hydrogens is 624 g/mol. The molecular formula is C32H38N8O6S. The van der Waals surface area contributed by atoms with Gasteiger partial charge in [0, 0.05) is 43.5 Å². The lowest BCUT2D eigenvalue weighted by Gasteiger charge is -2.10. The fraction of sp³-hybridized carbons (Fsp3) is 0.344. The maximum atomic E-state index is 13.2. The van der Waals surface area contributed by atoms with Gasteiger partial charge in [-0.2, -0.15) is 0 Å². The monoisotopic (exact) mass is 662 g/mol. The van der Waals surface area contributed by atoms with Crippen molar-refractivity contribution in [1.29, 1.82) is 0 Å². The molecule has 3 aromatic heterocycles. The van der Waals surface area contributed by atoms with Crippen molar-refractivity contribution in [2.45, 2.75) is 26.2 Å². The second-order valence-electron chi connectivity index (χ2n) is 11.7. The van der Waals surface area contributed by atoms with Crippen molar-refractivity contribution in [2.75, 3.05) is 49.9 Å². The van der Waals surface area contributed by atoms with Gasteiger partial charge >= 0.3 is 0 Å². The molecule has 0 radical (unpaired) electrons. The molecule has 0 saturated carbocycles. The lowest BCUT2D eigenvalue weighted by Crippen LogP contribution is -2.28. The van der Waals surface area contributed by atoms with Gasteiger partial charge in [0.25, 0.3) is 23.6 Å². The zero-order valence-corrected chi connectivity index (χ0v) is 27.9. The zero-order valence-electron chi connectivity index (χ0n) is 27.1. The first-order chi connectivity index (χ1) is 22.4. The molecule has 5 rings (SSSR count). The zero-order chi connectivity index (χ0) is 33.8. The number of nitrogens with one attached hydrogen (secondary N) is 4. The average Bonchev–Trinajstić information content (AvgIpc) is 3.80. The van der Waals surface area contributed by atoms with Crippen LogP contribution in [0, 0.1) is 0 Å². The van der Waals surface area contributed by atoms with Crippen molar-refractivity contribution in [1.82, 2.24) is 24.3 Å². The number of nitrogens with zero attached hydrogens (tertiary/aromatic N) is 4. The van der Waals surface area contributed by atoms with Crippen molar-refractivity contribution in [3.05, 3.63) is 70.2 Å². The van der Waals surface area contributed by atoms with Crippen LogP contribution in [0.3, 0.4) is 0 Å². The van der Waals surface area contributed by atoms with Crippen LogP contribution in [0.5, 0.6) is 11.5 Å². The number of hydrogen-bond acceptors (Lipinski definition) is 9. The summed E-state index contributed by atoms with van der Waals surface area (Å²) in [5.74, 6) is -0.415. The second-order valence-corrected chi connectivity index (χ2v) is 12.7. The quantitative estimate of drug-likeness (QED) is 0.165. The first-order valence-corrected chi connectivity index (χ1v) is 15.8. The van der Waals surface area contributed by atoms with E-state index in [1.807, 2.05) is 32.8 Å². The van der Waals surface area contributed by atoms with E-state index in [1.54, 1.807) is 66.0 Å². The molecule has 15 heteroatoms. The fourth-order valence-electron chi connectivity index (χ4n) is 4.93. The van der Waals surface area contributed by atoms with Gasteiger partial charge in [-0.15, -0.1) is 11.3 Å².